The monoisotopic (exact) mass is 264 g/mol. The lowest BCUT2D eigenvalue weighted by molar-refractivity contribution is 0.0949. The summed E-state index contributed by atoms with van der Waals surface area (Å²) in [5.74, 6) is -0.443. The SMILES string of the molecule is Cc1scnc1C(=O)NCCc1ccccc1F. The van der Waals surface area contributed by atoms with E-state index < -0.39 is 0 Å². The van der Waals surface area contributed by atoms with Crippen LogP contribution in [0.4, 0.5) is 4.39 Å². The first-order valence-corrected chi connectivity index (χ1v) is 6.48. The topological polar surface area (TPSA) is 42.0 Å². The Balaban J connectivity index is 1.88. The van der Waals surface area contributed by atoms with Crippen molar-refractivity contribution in [2.45, 2.75) is 13.3 Å². The molecule has 18 heavy (non-hydrogen) atoms. The Morgan fingerprint density at radius 3 is 2.89 bits per heavy atom. The molecule has 1 aromatic heterocycles. The number of hydrogen-bond acceptors (Lipinski definition) is 3. The summed E-state index contributed by atoms with van der Waals surface area (Å²) in [6.45, 7) is 2.25. The molecule has 5 heteroatoms. The molecule has 0 fully saturated rings. The van der Waals surface area contributed by atoms with Gasteiger partial charge in [0.25, 0.3) is 5.91 Å². The van der Waals surface area contributed by atoms with Crippen LogP contribution in [-0.4, -0.2) is 17.4 Å². The van der Waals surface area contributed by atoms with Gasteiger partial charge in [-0.25, -0.2) is 9.37 Å². The largest absolute Gasteiger partial charge is 0.350 e. The maximum atomic E-state index is 13.3. The van der Waals surface area contributed by atoms with Crippen molar-refractivity contribution in [3.05, 3.63) is 51.7 Å². The average Bonchev–Trinajstić information content (AvgIpc) is 2.78. The van der Waals surface area contributed by atoms with Crippen molar-refractivity contribution in [1.82, 2.24) is 10.3 Å². The van der Waals surface area contributed by atoms with E-state index in [-0.39, 0.29) is 11.7 Å². The van der Waals surface area contributed by atoms with Crippen LogP contribution in [0.25, 0.3) is 0 Å². The Hall–Kier alpha value is -1.75. The molecular formula is C13H13FN2OS. The smallest absolute Gasteiger partial charge is 0.271 e. The molecule has 2 rings (SSSR count). The summed E-state index contributed by atoms with van der Waals surface area (Å²) in [6.07, 6.45) is 0.474. The van der Waals surface area contributed by atoms with Gasteiger partial charge in [-0.05, 0) is 25.0 Å². The fraction of sp³-hybridized carbons (Fsp3) is 0.231. The summed E-state index contributed by atoms with van der Waals surface area (Å²) in [6, 6.07) is 6.57. The zero-order valence-corrected chi connectivity index (χ0v) is 10.8. The minimum Gasteiger partial charge on any atom is -0.350 e. The lowest BCUT2D eigenvalue weighted by Crippen LogP contribution is -2.26. The van der Waals surface area contributed by atoms with E-state index in [1.54, 1.807) is 23.7 Å². The van der Waals surface area contributed by atoms with E-state index in [0.29, 0.717) is 24.2 Å². The minimum atomic E-state index is -0.239. The molecule has 0 saturated heterocycles. The predicted octanol–water partition coefficient (Wildman–Crippen LogP) is 2.56. The maximum absolute atomic E-state index is 13.3. The normalized spacial score (nSPS) is 10.3. The molecule has 0 atom stereocenters. The van der Waals surface area contributed by atoms with Gasteiger partial charge >= 0.3 is 0 Å². The molecule has 1 heterocycles. The van der Waals surface area contributed by atoms with Crippen LogP contribution in [0.3, 0.4) is 0 Å². The Bertz CT molecular complexity index is 553. The molecule has 0 bridgehead atoms. The summed E-state index contributed by atoms with van der Waals surface area (Å²) in [5.41, 5.74) is 2.70. The van der Waals surface area contributed by atoms with Crippen LogP contribution in [0.2, 0.25) is 0 Å². The highest BCUT2D eigenvalue weighted by Gasteiger charge is 2.11. The zero-order valence-electron chi connectivity index (χ0n) is 9.94. The lowest BCUT2D eigenvalue weighted by Gasteiger charge is -2.05. The van der Waals surface area contributed by atoms with E-state index >= 15 is 0 Å². The van der Waals surface area contributed by atoms with Crippen molar-refractivity contribution in [2.24, 2.45) is 0 Å². The van der Waals surface area contributed by atoms with E-state index in [2.05, 4.69) is 10.3 Å². The number of amides is 1. The molecule has 0 saturated carbocycles. The first-order valence-electron chi connectivity index (χ1n) is 5.60. The molecule has 0 radical (unpaired) electrons. The quantitative estimate of drug-likeness (QED) is 0.922. The first-order chi connectivity index (χ1) is 8.68. The van der Waals surface area contributed by atoms with Crippen LogP contribution in [0.15, 0.2) is 29.8 Å². The molecule has 3 nitrogen and oxygen atoms in total. The third-order valence-corrected chi connectivity index (χ3v) is 3.36. The van der Waals surface area contributed by atoms with Crippen LogP contribution in [0.5, 0.6) is 0 Å². The van der Waals surface area contributed by atoms with Gasteiger partial charge in [0.1, 0.15) is 11.5 Å². The summed E-state index contributed by atoms with van der Waals surface area (Å²) in [7, 11) is 0. The number of aryl methyl sites for hydroxylation is 1. The Labute approximate surface area is 109 Å². The highest BCUT2D eigenvalue weighted by Crippen LogP contribution is 2.11. The van der Waals surface area contributed by atoms with Gasteiger partial charge in [-0.2, -0.15) is 0 Å². The van der Waals surface area contributed by atoms with Gasteiger partial charge in [-0.15, -0.1) is 11.3 Å². The molecule has 1 N–H and O–H groups in total. The fourth-order valence-corrected chi connectivity index (χ4v) is 2.19. The molecule has 1 amide bonds. The van der Waals surface area contributed by atoms with E-state index in [9.17, 15) is 9.18 Å². The van der Waals surface area contributed by atoms with Gasteiger partial charge < -0.3 is 5.32 Å². The number of carbonyl (C=O) groups excluding carboxylic acids is 1. The molecule has 0 spiro atoms. The molecule has 0 aliphatic rings. The number of nitrogens with zero attached hydrogens (tertiary/aromatic N) is 1. The molecule has 0 aliphatic carbocycles. The number of halogens is 1. The van der Waals surface area contributed by atoms with E-state index in [1.807, 2.05) is 6.92 Å². The van der Waals surface area contributed by atoms with Gasteiger partial charge in [0, 0.05) is 11.4 Å². The number of rotatable bonds is 4. The van der Waals surface area contributed by atoms with Crippen LogP contribution < -0.4 is 5.32 Å². The molecule has 2 aromatic rings. The van der Waals surface area contributed by atoms with E-state index in [4.69, 9.17) is 0 Å². The standard InChI is InChI=1S/C13H13FN2OS/c1-9-12(16-8-18-9)13(17)15-7-6-10-4-2-3-5-11(10)14/h2-5,8H,6-7H2,1H3,(H,15,17). The van der Waals surface area contributed by atoms with Crippen LogP contribution >= 0.6 is 11.3 Å². The summed E-state index contributed by atoms with van der Waals surface area (Å²) in [5, 5.41) is 2.74. The second-order valence-electron chi connectivity index (χ2n) is 3.85. The number of aromatic nitrogens is 1. The van der Waals surface area contributed by atoms with Crippen molar-refractivity contribution in [2.75, 3.05) is 6.54 Å². The molecule has 1 aromatic carbocycles. The van der Waals surface area contributed by atoms with Gasteiger partial charge in [0.15, 0.2) is 0 Å². The van der Waals surface area contributed by atoms with Gasteiger partial charge in [0.2, 0.25) is 0 Å². The minimum absolute atomic E-state index is 0.204. The molecule has 0 aliphatic heterocycles. The molecular weight excluding hydrogens is 251 g/mol. The average molecular weight is 264 g/mol. The maximum Gasteiger partial charge on any atom is 0.271 e. The molecule has 0 unspecified atom stereocenters. The number of benzene rings is 1. The number of thiazole rings is 1. The highest BCUT2D eigenvalue weighted by molar-refractivity contribution is 7.09. The van der Waals surface area contributed by atoms with Crippen molar-refractivity contribution in [3.8, 4) is 0 Å². The van der Waals surface area contributed by atoms with Crippen molar-refractivity contribution >= 4 is 17.2 Å². The number of nitrogens with one attached hydrogen (secondary N) is 1. The van der Waals surface area contributed by atoms with Crippen LogP contribution in [0.1, 0.15) is 20.9 Å². The second kappa shape index (κ2) is 5.73. The van der Waals surface area contributed by atoms with Crippen molar-refractivity contribution in [3.63, 3.8) is 0 Å². The van der Waals surface area contributed by atoms with E-state index in [1.165, 1.54) is 17.4 Å². The third-order valence-electron chi connectivity index (χ3n) is 2.60. The second-order valence-corrected chi connectivity index (χ2v) is 4.91. The molecule has 94 valence electrons. The van der Waals surface area contributed by atoms with Gasteiger partial charge in [0.05, 0.1) is 5.51 Å². The highest BCUT2D eigenvalue weighted by atomic mass is 32.1. The van der Waals surface area contributed by atoms with Crippen LogP contribution in [-0.2, 0) is 6.42 Å². The summed E-state index contributed by atoms with van der Waals surface area (Å²) < 4.78 is 13.3. The van der Waals surface area contributed by atoms with Crippen LogP contribution in [0, 0.1) is 12.7 Å². The summed E-state index contributed by atoms with van der Waals surface area (Å²) in [4.78, 5) is 16.6. The van der Waals surface area contributed by atoms with Gasteiger partial charge in [-0.3, -0.25) is 4.79 Å². The van der Waals surface area contributed by atoms with Crippen molar-refractivity contribution in [1.29, 1.82) is 0 Å². The predicted molar refractivity (Wildman–Crippen MR) is 69.3 cm³/mol. The fourth-order valence-electron chi connectivity index (χ4n) is 1.62. The van der Waals surface area contributed by atoms with Crippen molar-refractivity contribution < 1.29 is 9.18 Å². The number of carbonyl (C=O) groups is 1. The Morgan fingerprint density at radius 1 is 1.44 bits per heavy atom. The Kier molecular flexibility index (Phi) is 4.04. The van der Waals surface area contributed by atoms with Gasteiger partial charge in [-0.1, -0.05) is 18.2 Å². The third kappa shape index (κ3) is 2.92. The van der Waals surface area contributed by atoms with E-state index in [0.717, 1.165) is 4.88 Å². The zero-order chi connectivity index (χ0) is 13.0. The summed E-state index contributed by atoms with van der Waals surface area (Å²) >= 11 is 1.43. The first kappa shape index (κ1) is 12.7. The lowest BCUT2D eigenvalue weighted by atomic mass is 10.1. The number of hydrogen-bond donors (Lipinski definition) is 1. The Morgan fingerprint density at radius 2 is 2.22 bits per heavy atom.